The van der Waals surface area contributed by atoms with Crippen LogP contribution in [0.3, 0.4) is 0 Å². The van der Waals surface area contributed by atoms with E-state index in [2.05, 4.69) is 0 Å². The number of fused-ring (bicyclic) bond motifs is 2. The highest BCUT2D eigenvalue weighted by Crippen LogP contribution is 2.28. The number of hydrogen-bond donors (Lipinski definition) is 1. The van der Waals surface area contributed by atoms with Gasteiger partial charge >= 0.3 is 0 Å². The van der Waals surface area contributed by atoms with E-state index in [0.29, 0.717) is 12.3 Å². The molecule has 1 unspecified atom stereocenters. The molecule has 2 aliphatic heterocycles. The molecule has 3 heteroatoms. The molecule has 0 aromatic rings. The van der Waals surface area contributed by atoms with Crippen LogP contribution in [0.15, 0.2) is 0 Å². The van der Waals surface area contributed by atoms with Gasteiger partial charge in [-0.25, -0.2) is 0 Å². The van der Waals surface area contributed by atoms with Gasteiger partial charge < -0.3 is 10.6 Å². The van der Waals surface area contributed by atoms with E-state index in [4.69, 9.17) is 5.73 Å². The maximum atomic E-state index is 11.2. The summed E-state index contributed by atoms with van der Waals surface area (Å²) < 4.78 is 0. The largest absolute Gasteiger partial charge is 0.341 e. The van der Waals surface area contributed by atoms with Crippen molar-refractivity contribution >= 4 is 5.91 Å². The summed E-state index contributed by atoms with van der Waals surface area (Å²) >= 11 is 0. The number of nitrogens with two attached hydrogens (primary N) is 1. The van der Waals surface area contributed by atoms with E-state index in [-0.39, 0.29) is 5.54 Å². The number of hydrogen-bond acceptors (Lipinski definition) is 2. The van der Waals surface area contributed by atoms with E-state index in [0.717, 1.165) is 32.4 Å². The second-order valence-corrected chi connectivity index (χ2v) is 3.78. The highest BCUT2D eigenvalue weighted by atomic mass is 16.2. The minimum Gasteiger partial charge on any atom is -0.341 e. The maximum Gasteiger partial charge on any atom is 0.222 e. The molecule has 2 saturated heterocycles. The molecule has 0 aliphatic carbocycles. The molecular formula is C8H14N2O. The maximum absolute atomic E-state index is 11.2. The number of rotatable bonds is 0. The van der Waals surface area contributed by atoms with Crippen molar-refractivity contribution in [3.05, 3.63) is 0 Å². The third-order valence-corrected chi connectivity index (χ3v) is 2.80. The zero-order valence-corrected chi connectivity index (χ0v) is 6.68. The van der Waals surface area contributed by atoms with Crippen molar-refractivity contribution in [2.75, 3.05) is 13.1 Å². The van der Waals surface area contributed by atoms with E-state index >= 15 is 0 Å². The monoisotopic (exact) mass is 154 g/mol. The fourth-order valence-electron chi connectivity index (χ4n) is 2.09. The first-order valence-corrected chi connectivity index (χ1v) is 4.26. The number of carbonyl (C=O) groups excluding carboxylic acids is 1. The summed E-state index contributed by atoms with van der Waals surface area (Å²) in [7, 11) is 0. The predicted octanol–water partition coefficient (Wildman–Crippen LogP) is 0.100. The molecule has 0 aromatic carbocycles. The van der Waals surface area contributed by atoms with Crippen LogP contribution >= 0.6 is 0 Å². The molecule has 1 atom stereocenters. The van der Waals surface area contributed by atoms with Crippen LogP contribution in [0, 0.1) is 0 Å². The van der Waals surface area contributed by atoms with Crippen LogP contribution in [0.25, 0.3) is 0 Å². The molecule has 3 nitrogen and oxygen atoms in total. The van der Waals surface area contributed by atoms with Crippen LogP contribution in [0.4, 0.5) is 0 Å². The van der Waals surface area contributed by atoms with Gasteiger partial charge in [0.25, 0.3) is 0 Å². The smallest absolute Gasteiger partial charge is 0.222 e. The molecule has 0 aromatic heterocycles. The van der Waals surface area contributed by atoms with Crippen molar-refractivity contribution in [1.82, 2.24) is 4.90 Å². The van der Waals surface area contributed by atoms with Crippen molar-refractivity contribution in [1.29, 1.82) is 0 Å². The van der Waals surface area contributed by atoms with Crippen LogP contribution in [0.5, 0.6) is 0 Å². The van der Waals surface area contributed by atoms with Gasteiger partial charge in [-0.05, 0) is 19.3 Å². The summed E-state index contributed by atoms with van der Waals surface area (Å²) in [5, 5.41) is 0. The van der Waals surface area contributed by atoms with Crippen molar-refractivity contribution in [2.24, 2.45) is 5.73 Å². The molecule has 2 aliphatic rings. The van der Waals surface area contributed by atoms with Crippen molar-refractivity contribution in [3.8, 4) is 0 Å². The molecule has 11 heavy (non-hydrogen) atoms. The summed E-state index contributed by atoms with van der Waals surface area (Å²) in [6.45, 7) is 1.73. The SMILES string of the molecule is NC12CCCN(C1)C(=O)CC2. The van der Waals surface area contributed by atoms with Gasteiger partial charge in [0.2, 0.25) is 5.91 Å². The van der Waals surface area contributed by atoms with E-state index in [1.807, 2.05) is 4.90 Å². The number of nitrogens with zero attached hydrogens (tertiary/aromatic N) is 1. The van der Waals surface area contributed by atoms with Crippen LogP contribution in [-0.2, 0) is 4.79 Å². The first-order valence-electron chi connectivity index (χ1n) is 4.26. The Labute approximate surface area is 66.5 Å². The predicted molar refractivity (Wildman–Crippen MR) is 42.0 cm³/mol. The Morgan fingerprint density at radius 3 is 3.00 bits per heavy atom. The number of amides is 1. The topological polar surface area (TPSA) is 46.3 Å². The quantitative estimate of drug-likeness (QED) is 0.538. The van der Waals surface area contributed by atoms with E-state index < -0.39 is 0 Å². The summed E-state index contributed by atoms with van der Waals surface area (Å²) in [6, 6.07) is 0. The lowest BCUT2D eigenvalue weighted by Crippen LogP contribution is -2.59. The summed E-state index contributed by atoms with van der Waals surface area (Å²) in [5.41, 5.74) is 6.03. The normalized spacial score (nSPS) is 37.5. The second-order valence-electron chi connectivity index (χ2n) is 3.78. The average Bonchev–Trinajstić information content (AvgIpc) is 1.99. The van der Waals surface area contributed by atoms with Gasteiger partial charge in [0.1, 0.15) is 0 Å². The Kier molecular flexibility index (Phi) is 1.42. The zero-order valence-electron chi connectivity index (χ0n) is 6.68. The minimum absolute atomic E-state index is 0.0356. The minimum atomic E-state index is -0.0356. The van der Waals surface area contributed by atoms with E-state index in [1.54, 1.807) is 0 Å². The summed E-state index contributed by atoms with van der Waals surface area (Å²) in [4.78, 5) is 13.1. The Morgan fingerprint density at radius 2 is 2.27 bits per heavy atom. The molecule has 2 N–H and O–H groups in total. The molecule has 0 spiro atoms. The third kappa shape index (κ3) is 1.13. The first kappa shape index (κ1) is 7.10. The molecule has 2 fully saturated rings. The van der Waals surface area contributed by atoms with Gasteiger partial charge in [-0.1, -0.05) is 0 Å². The Balaban J connectivity index is 2.15. The van der Waals surface area contributed by atoms with Crippen molar-refractivity contribution in [2.45, 2.75) is 31.2 Å². The Morgan fingerprint density at radius 1 is 1.45 bits per heavy atom. The molecule has 0 saturated carbocycles. The second kappa shape index (κ2) is 2.21. The highest BCUT2D eigenvalue weighted by molar-refractivity contribution is 5.77. The van der Waals surface area contributed by atoms with Gasteiger partial charge in [0.05, 0.1) is 0 Å². The lowest BCUT2D eigenvalue weighted by molar-refractivity contribution is -0.137. The Hall–Kier alpha value is -0.570. The van der Waals surface area contributed by atoms with Gasteiger partial charge in [0.15, 0.2) is 0 Å². The van der Waals surface area contributed by atoms with Crippen LogP contribution in [-0.4, -0.2) is 29.4 Å². The van der Waals surface area contributed by atoms with Gasteiger partial charge in [-0.3, -0.25) is 4.79 Å². The first-order chi connectivity index (χ1) is 5.20. The fraction of sp³-hybridized carbons (Fsp3) is 0.875. The summed E-state index contributed by atoms with van der Waals surface area (Å²) in [6.07, 6.45) is 3.73. The van der Waals surface area contributed by atoms with Gasteiger partial charge in [-0.2, -0.15) is 0 Å². The Bertz CT molecular complexity index is 193. The zero-order chi connectivity index (χ0) is 7.90. The van der Waals surface area contributed by atoms with E-state index in [1.165, 1.54) is 0 Å². The average molecular weight is 154 g/mol. The molecule has 62 valence electrons. The molecule has 1 amide bonds. The lowest BCUT2D eigenvalue weighted by atomic mass is 9.82. The molecule has 2 bridgehead atoms. The van der Waals surface area contributed by atoms with Gasteiger partial charge in [0, 0.05) is 25.0 Å². The molecule has 0 radical (unpaired) electrons. The highest BCUT2D eigenvalue weighted by Gasteiger charge is 2.37. The van der Waals surface area contributed by atoms with Crippen LogP contribution in [0.1, 0.15) is 25.7 Å². The summed E-state index contributed by atoms with van der Waals surface area (Å²) in [5.74, 6) is 0.297. The van der Waals surface area contributed by atoms with Crippen molar-refractivity contribution in [3.63, 3.8) is 0 Å². The van der Waals surface area contributed by atoms with Gasteiger partial charge in [-0.15, -0.1) is 0 Å². The standard InChI is InChI=1S/C8H14N2O/c9-8-3-1-5-10(6-8)7(11)2-4-8/h1-6,9H2. The lowest BCUT2D eigenvalue weighted by Gasteiger charge is -2.44. The molecule has 2 rings (SSSR count). The van der Waals surface area contributed by atoms with E-state index in [9.17, 15) is 4.79 Å². The van der Waals surface area contributed by atoms with Crippen molar-refractivity contribution < 1.29 is 4.79 Å². The fourth-order valence-corrected chi connectivity index (χ4v) is 2.09. The van der Waals surface area contributed by atoms with Crippen LogP contribution < -0.4 is 5.73 Å². The molecular weight excluding hydrogens is 140 g/mol. The van der Waals surface area contributed by atoms with Crippen LogP contribution in [0.2, 0.25) is 0 Å². The number of piperidine rings is 2. The molecule has 2 heterocycles. The number of carbonyl (C=O) groups is 1. The third-order valence-electron chi connectivity index (χ3n) is 2.80.